The van der Waals surface area contributed by atoms with E-state index in [0.717, 1.165) is 6.29 Å². The molecule has 0 saturated carbocycles. The molecule has 70 valence electrons. The van der Waals surface area contributed by atoms with Crippen LogP contribution in [0, 0.1) is 5.82 Å². The number of carbonyl (C=O) groups excluding carboxylic acids is 1. The third-order valence-electron chi connectivity index (χ3n) is 1.40. The van der Waals surface area contributed by atoms with E-state index in [1.165, 1.54) is 12.1 Å². The van der Waals surface area contributed by atoms with Crippen molar-refractivity contribution in [3.8, 4) is 5.75 Å². The molecule has 0 unspecified atom stereocenters. The van der Waals surface area contributed by atoms with Gasteiger partial charge in [0.05, 0.1) is 11.6 Å². The van der Waals surface area contributed by atoms with Crippen molar-refractivity contribution in [2.45, 2.75) is 6.42 Å². The van der Waals surface area contributed by atoms with Crippen molar-refractivity contribution in [1.82, 2.24) is 0 Å². The number of hydrogen-bond acceptors (Lipinski definition) is 2. The lowest BCUT2D eigenvalue weighted by Crippen LogP contribution is -1.97. The van der Waals surface area contributed by atoms with Crippen LogP contribution in [0.2, 0.25) is 5.02 Å². The van der Waals surface area contributed by atoms with Crippen molar-refractivity contribution in [1.29, 1.82) is 0 Å². The summed E-state index contributed by atoms with van der Waals surface area (Å²) >= 11 is 5.46. The molecule has 0 aromatic heterocycles. The maximum absolute atomic E-state index is 12.8. The molecular formula is C9H8ClFO2. The van der Waals surface area contributed by atoms with Gasteiger partial charge in [0.15, 0.2) is 0 Å². The highest BCUT2D eigenvalue weighted by Crippen LogP contribution is 2.20. The lowest BCUT2D eigenvalue weighted by Gasteiger charge is -2.03. The summed E-state index contributed by atoms with van der Waals surface area (Å²) in [5.74, 6) is -0.144. The van der Waals surface area contributed by atoms with Crippen molar-refractivity contribution in [3.05, 3.63) is 29.0 Å². The van der Waals surface area contributed by atoms with E-state index in [9.17, 15) is 9.18 Å². The molecule has 0 aliphatic carbocycles. The van der Waals surface area contributed by atoms with Crippen LogP contribution in [-0.4, -0.2) is 12.9 Å². The van der Waals surface area contributed by atoms with E-state index in [1.54, 1.807) is 6.07 Å². The molecule has 4 heteroatoms. The van der Waals surface area contributed by atoms with E-state index in [-0.39, 0.29) is 11.6 Å². The molecule has 1 aromatic rings. The van der Waals surface area contributed by atoms with Crippen molar-refractivity contribution in [2.75, 3.05) is 6.61 Å². The SMILES string of the molecule is O=CCCOc1ccc(Cl)c(F)c1. The van der Waals surface area contributed by atoms with Gasteiger partial charge in [-0.3, -0.25) is 0 Å². The summed E-state index contributed by atoms with van der Waals surface area (Å²) < 4.78 is 17.9. The first-order valence-electron chi connectivity index (χ1n) is 3.75. The summed E-state index contributed by atoms with van der Waals surface area (Å²) in [5.41, 5.74) is 0. The van der Waals surface area contributed by atoms with Crippen LogP contribution in [0.15, 0.2) is 18.2 Å². The number of ether oxygens (including phenoxy) is 1. The molecule has 0 amide bonds. The van der Waals surface area contributed by atoms with Gasteiger partial charge in [-0.25, -0.2) is 4.39 Å². The fourth-order valence-electron chi connectivity index (χ4n) is 0.792. The van der Waals surface area contributed by atoms with Crippen molar-refractivity contribution in [3.63, 3.8) is 0 Å². The van der Waals surface area contributed by atoms with Gasteiger partial charge in [0.1, 0.15) is 17.9 Å². The van der Waals surface area contributed by atoms with E-state index >= 15 is 0 Å². The molecule has 0 N–H and O–H groups in total. The first kappa shape index (κ1) is 9.99. The Morgan fingerprint density at radius 3 is 2.92 bits per heavy atom. The largest absolute Gasteiger partial charge is 0.493 e. The molecule has 0 bridgehead atoms. The molecule has 2 nitrogen and oxygen atoms in total. The molecule has 0 spiro atoms. The minimum Gasteiger partial charge on any atom is -0.493 e. The average molecular weight is 203 g/mol. The summed E-state index contributed by atoms with van der Waals surface area (Å²) in [6.07, 6.45) is 1.04. The molecule has 1 rings (SSSR count). The third-order valence-corrected chi connectivity index (χ3v) is 1.70. The van der Waals surface area contributed by atoms with E-state index in [4.69, 9.17) is 16.3 Å². The molecular weight excluding hydrogens is 195 g/mol. The predicted octanol–water partition coefficient (Wildman–Crippen LogP) is 2.45. The number of halogens is 2. The first-order valence-corrected chi connectivity index (χ1v) is 4.13. The number of aldehydes is 1. The zero-order valence-electron chi connectivity index (χ0n) is 6.80. The van der Waals surface area contributed by atoms with Crippen LogP contribution in [0.1, 0.15) is 6.42 Å². The molecule has 0 saturated heterocycles. The highest BCUT2D eigenvalue weighted by atomic mass is 35.5. The van der Waals surface area contributed by atoms with Gasteiger partial charge in [-0.1, -0.05) is 11.6 Å². The summed E-state index contributed by atoms with van der Waals surface area (Å²) in [4.78, 5) is 9.94. The van der Waals surface area contributed by atoms with Gasteiger partial charge in [0.25, 0.3) is 0 Å². The second kappa shape index (κ2) is 4.82. The second-order valence-electron chi connectivity index (χ2n) is 2.38. The van der Waals surface area contributed by atoms with Gasteiger partial charge in [0.2, 0.25) is 0 Å². The van der Waals surface area contributed by atoms with Gasteiger partial charge in [-0.2, -0.15) is 0 Å². The lowest BCUT2D eigenvalue weighted by atomic mass is 10.3. The Kier molecular flexibility index (Phi) is 3.71. The minimum atomic E-state index is -0.523. The second-order valence-corrected chi connectivity index (χ2v) is 2.79. The van der Waals surface area contributed by atoms with Gasteiger partial charge in [0, 0.05) is 12.5 Å². The minimum absolute atomic E-state index is 0.0581. The standard InChI is InChI=1S/C9H8ClFO2/c10-8-3-2-7(6-9(8)11)13-5-1-4-12/h2-4,6H,1,5H2. The Morgan fingerprint density at radius 1 is 1.54 bits per heavy atom. The Labute approximate surface area is 80.3 Å². The van der Waals surface area contributed by atoms with Gasteiger partial charge in [-0.15, -0.1) is 0 Å². The summed E-state index contributed by atoms with van der Waals surface area (Å²) in [6.45, 7) is 0.255. The van der Waals surface area contributed by atoms with Crippen molar-refractivity contribution >= 4 is 17.9 Å². The van der Waals surface area contributed by atoms with Crippen LogP contribution in [0.4, 0.5) is 4.39 Å². The van der Waals surface area contributed by atoms with E-state index in [0.29, 0.717) is 12.2 Å². The topological polar surface area (TPSA) is 26.3 Å². The monoisotopic (exact) mass is 202 g/mol. The van der Waals surface area contributed by atoms with Crippen LogP contribution in [0.5, 0.6) is 5.75 Å². The van der Waals surface area contributed by atoms with Gasteiger partial charge in [-0.05, 0) is 12.1 Å². The van der Waals surface area contributed by atoms with Crippen molar-refractivity contribution in [2.24, 2.45) is 0 Å². The first-order chi connectivity index (χ1) is 6.24. The summed E-state index contributed by atoms with van der Waals surface area (Å²) in [7, 11) is 0. The van der Waals surface area contributed by atoms with Crippen molar-refractivity contribution < 1.29 is 13.9 Å². The highest BCUT2D eigenvalue weighted by molar-refractivity contribution is 6.30. The number of carbonyl (C=O) groups is 1. The fraction of sp³-hybridized carbons (Fsp3) is 0.222. The predicted molar refractivity (Wildman–Crippen MR) is 47.6 cm³/mol. The maximum Gasteiger partial charge on any atom is 0.145 e. The molecule has 0 aliphatic heterocycles. The number of hydrogen-bond donors (Lipinski definition) is 0. The van der Waals surface area contributed by atoms with Crippen LogP contribution >= 0.6 is 11.6 Å². The Balaban J connectivity index is 2.57. The molecule has 0 radical (unpaired) electrons. The quantitative estimate of drug-likeness (QED) is 0.554. The zero-order chi connectivity index (χ0) is 9.68. The van der Waals surface area contributed by atoms with E-state index in [2.05, 4.69) is 0 Å². The average Bonchev–Trinajstić information content (AvgIpc) is 2.12. The molecule has 0 atom stereocenters. The fourth-order valence-corrected chi connectivity index (χ4v) is 0.909. The lowest BCUT2D eigenvalue weighted by molar-refractivity contribution is -0.108. The smallest absolute Gasteiger partial charge is 0.145 e. The van der Waals surface area contributed by atoms with Gasteiger partial charge >= 0.3 is 0 Å². The molecule has 0 heterocycles. The molecule has 0 aliphatic rings. The molecule has 0 fully saturated rings. The normalized spacial score (nSPS) is 9.69. The van der Waals surface area contributed by atoms with Gasteiger partial charge < -0.3 is 9.53 Å². The van der Waals surface area contributed by atoms with Crippen LogP contribution in [-0.2, 0) is 4.79 Å². The van der Waals surface area contributed by atoms with E-state index in [1.807, 2.05) is 0 Å². The van der Waals surface area contributed by atoms with Crippen LogP contribution in [0.3, 0.4) is 0 Å². The maximum atomic E-state index is 12.8. The zero-order valence-corrected chi connectivity index (χ0v) is 7.55. The van der Waals surface area contributed by atoms with Crippen LogP contribution < -0.4 is 4.74 Å². The number of rotatable bonds is 4. The summed E-state index contributed by atoms with van der Waals surface area (Å²) in [6, 6.07) is 4.15. The van der Waals surface area contributed by atoms with E-state index < -0.39 is 5.82 Å². The molecule has 1 aromatic carbocycles. The Bertz CT molecular complexity index is 302. The van der Waals surface area contributed by atoms with Crippen LogP contribution in [0.25, 0.3) is 0 Å². The Hall–Kier alpha value is -1.09. The highest BCUT2D eigenvalue weighted by Gasteiger charge is 2.00. The number of benzene rings is 1. The molecule has 13 heavy (non-hydrogen) atoms. The third kappa shape index (κ3) is 3.03. The summed E-state index contributed by atoms with van der Waals surface area (Å²) in [5, 5.41) is 0.0581. The Morgan fingerprint density at radius 2 is 2.31 bits per heavy atom.